The molecule has 0 aliphatic rings. The average molecular weight is 1030 g/mol. The molecule has 0 amide bonds. The summed E-state index contributed by atoms with van der Waals surface area (Å²) in [7, 11) is 0. The molecule has 18 heteroatoms. The van der Waals surface area contributed by atoms with Crippen LogP contribution in [-0.4, -0.2) is 76.7 Å². The first-order valence-corrected chi connectivity index (χ1v) is 24.9. The molecule has 4 N–H and O–H groups in total. The standard InChI is InChI=1S/2C14H12ClN3O.2C14H13N3O/c2*1-8-5-9(2)14(19)13(6-8)18-16-11-4-3-10(15)7-12(11)17(16)18;2*1-9-7-10(2)14(18)13(8-9)17-15-11-5-3-4-6-12(11)16(15)17/h2*3-7,19H,1-2H3;2*3-8,18H,1-2H3. The molecule has 8 aromatic carbocycles. The Morgan fingerprint density at radius 1 is 0.270 bits per heavy atom. The molecule has 372 valence electrons. The van der Waals surface area contributed by atoms with Gasteiger partial charge >= 0.3 is 0 Å². The summed E-state index contributed by atoms with van der Waals surface area (Å²) in [6.45, 7) is 15.8. The second-order valence-corrected chi connectivity index (χ2v) is 20.4. The van der Waals surface area contributed by atoms with E-state index in [1.165, 1.54) is 22.1 Å². The zero-order valence-corrected chi connectivity index (χ0v) is 43.1. The number of aromatic hydroxyl groups is 4. The Hall–Kier alpha value is -8.86. The van der Waals surface area contributed by atoms with Crippen LogP contribution >= 0.6 is 23.2 Å². The van der Waals surface area contributed by atoms with Crippen molar-refractivity contribution in [2.75, 3.05) is 0 Å². The van der Waals surface area contributed by atoms with Crippen LogP contribution in [0, 0.1) is 55.4 Å². The third-order valence-corrected chi connectivity index (χ3v) is 14.4. The average Bonchev–Trinajstić information content (AvgIpc) is 4.29. The maximum atomic E-state index is 10.2. The second-order valence-electron chi connectivity index (χ2n) is 19.5. The maximum absolute atomic E-state index is 10.2. The van der Waals surface area contributed by atoms with E-state index in [0.717, 1.165) is 99.4 Å². The molecule has 0 atom stereocenters. The highest BCUT2D eigenvalue weighted by Crippen LogP contribution is 2.38. The van der Waals surface area contributed by atoms with Gasteiger partial charge < -0.3 is 20.4 Å². The van der Waals surface area contributed by atoms with Crippen LogP contribution in [-0.2, 0) is 0 Å². The number of fused-ring (bicyclic) bond motifs is 16. The number of halogens is 2. The minimum atomic E-state index is 0.317. The van der Waals surface area contributed by atoms with Gasteiger partial charge in [0.2, 0.25) is 0 Å². The fraction of sp³-hybridized carbons (Fsp3) is 0.143. The van der Waals surface area contributed by atoms with E-state index in [1.54, 1.807) is 0 Å². The largest absolute Gasteiger partial charge is 0.505 e. The SMILES string of the molecule is Cc1cc(C)c(O)c(-n2n3c4ccc(Cl)cc4n23)c1.Cc1cc(C)c(O)c(-n2n3c4ccc(Cl)cc4n23)c1.Cc1cc(C)c(O)c(-n2n3c4ccccc4n23)c1.Cc1cc(C)c(O)c(-n2n3c4ccccc4n23)c1. The first-order valence-electron chi connectivity index (χ1n) is 24.1. The van der Waals surface area contributed by atoms with Gasteiger partial charge in [0.25, 0.3) is 0 Å². The van der Waals surface area contributed by atoms with Gasteiger partial charge in [0, 0.05) is 10.0 Å². The Morgan fingerprint density at radius 2 is 0.486 bits per heavy atom. The highest BCUT2D eigenvalue weighted by atomic mass is 35.5. The Labute approximate surface area is 431 Å². The number of nitrogens with zero attached hydrogens (tertiary/aromatic N) is 12. The third kappa shape index (κ3) is 6.67. The Morgan fingerprint density at radius 3 is 0.730 bits per heavy atom. The summed E-state index contributed by atoms with van der Waals surface area (Å²) in [5.41, 5.74) is 20.4. The van der Waals surface area contributed by atoms with E-state index in [9.17, 15) is 20.4 Å². The Kier molecular flexibility index (Phi) is 9.63. The van der Waals surface area contributed by atoms with Crippen LogP contribution in [0.4, 0.5) is 0 Å². The maximum Gasteiger partial charge on any atom is 0.146 e. The minimum absolute atomic E-state index is 0.317. The number of phenols is 4. The summed E-state index contributed by atoms with van der Waals surface area (Å²) in [4.78, 5) is 7.85. The van der Waals surface area contributed by atoms with Gasteiger partial charge in [-0.1, -0.05) is 71.7 Å². The van der Waals surface area contributed by atoms with Gasteiger partial charge in [-0.25, -0.2) is 0 Å². The Balaban J connectivity index is 0.0000000952. The first kappa shape index (κ1) is 45.0. The first-order chi connectivity index (χ1) is 35.5. The quantitative estimate of drug-likeness (QED) is 0.140. The van der Waals surface area contributed by atoms with Crippen molar-refractivity contribution < 1.29 is 20.4 Å². The van der Waals surface area contributed by atoms with E-state index in [0.29, 0.717) is 23.0 Å². The zero-order valence-electron chi connectivity index (χ0n) is 41.6. The number of hydrogen-bond acceptors (Lipinski definition) is 4. The van der Waals surface area contributed by atoms with Crippen molar-refractivity contribution in [3.8, 4) is 45.7 Å². The van der Waals surface area contributed by atoms with Gasteiger partial charge in [-0.2, -0.15) is 0 Å². The molecule has 0 aliphatic heterocycles. The lowest BCUT2D eigenvalue weighted by atomic mass is 10.1. The van der Waals surface area contributed by atoms with Crippen molar-refractivity contribution in [1.82, 2.24) is 56.2 Å². The molecule has 16 nitrogen and oxygen atoms in total. The molecule has 16 aromatic rings. The second kappa shape index (κ2) is 15.8. The molecule has 0 spiro atoms. The molecule has 0 bridgehead atoms. The molecule has 0 fully saturated rings. The van der Waals surface area contributed by atoms with Crippen LogP contribution in [0.1, 0.15) is 44.5 Å². The van der Waals surface area contributed by atoms with Crippen LogP contribution in [0.5, 0.6) is 23.0 Å². The number of para-hydroxylation sites is 4. The number of aryl methyl sites for hydroxylation is 8. The fourth-order valence-corrected chi connectivity index (χ4v) is 10.7. The highest BCUT2D eigenvalue weighted by molar-refractivity contribution is 6.31. The van der Waals surface area contributed by atoms with E-state index < -0.39 is 0 Å². The van der Waals surface area contributed by atoms with Gasteiger partial charge in [-0.15, -0.1) is 56.2 Å². The summed E-state index contributed by atoms with van der Waals surface area (Å²) >= 11 is 12.0. The third-order valence-electron chi connectivity index (χ3n) is 14.0. The van der Waals surface area contributed by atoms with Crippen molar-refractivity contribution in [3.63, 3.8) is 0 Å². The predicted octanol–water partition coefficient (Wildman–Crippen LogP) is 12.3. The van der Waals surface area contributed by atoms with Crippen LogP contribution in [0.2, 0.25) is 10.0 Å². The van der Waals surface area contributed by atoms with Crippen molar-refractivity contribution in [3.05, 3.63) is 188 Å². The van der Waals surface area contributed by atoms with Crippen LogP contribution in [0.15, 0.2) is 133 Å². The summed E-state index contributed by atoms with van der Waals surface area (Å²) in [5, 5.41) is 42.2. The van der Waals surface area contributed by atoms with E-state index in [1.807, 2.05) is 221 Å². The molecule has 0 unspecified atom stereocenters. The number of benzene rings is 8. The summed E-state index contributed by atoms with van der Waals surface area (Å²) in [6.07, 6.45) is 0. The molecule has 8 aromatic heterocycles. The molecule has 0 radical (unpaired) electrons. The number of aromatic nitrogens is 12. The fourth-order valence-electron chi connectivity index (χ4n) is 10.4. The summed E-state index contributed by atoms with van der Waals surface area (Å²) in [5.74, 6) is 1.33. The molecule has 0 aliphatic carbocycles. The zero-order chi connectivity index (χ0) is 51.5. The van der Waals surface area contributed by atoms with Gasteiger partial charge in [0.05, 0.1) is 0 Å². The lowest BCUT2D eigenvalue weighted by molar-refractivity contribution is 0.467. The van der Waals surface area contributed by atoms with Crippen LogP contribution in [0.3, 0.4) is 0 Å². The minimum Gasteiger partial charge on any atom is -0.505 e. The van der Waals surface area contributed by atoms with Gasteiger partial charge in [-0.05, 0) is 185 Å². The Bertz CT molecular complexity index is 4360. The van der Waals surface area contributed by atoms with Crippen LogP contribution in [0.25, 0.3) is 66.9 Å². The molecular formula is C56H50Cl2N12O4. The molecule has 16 rings (SSSR count). The molecule has 74 heavy (non-hydrogen) atoms. The summed E-state index contributed by atoms with van der Waals surface area (Å²) in [6, 6.07) is 43.8. The van der Waals surface area contributed by atoms with Gasteiger partial charge in [0.1, 0.15) is 89.9 Å². The normalized spacial score (nSPS) is 12.1. The highest BCUT2D eigenvalue weighted by Gasteiger charge is 2.30. The van der Waals surface area contributed by atoms with Gasteiger partial charge in [-0.3, -0.25) is 0 Å². The van der Waals surface area contributed by atoms with Gasteiger partial charge in [0.15, 0.2) is 0 Å². The van der Waals surface area contributed by atoms with Crippen molar-refractivity contribution in [2.24, 2.45) is 0 Å². The monoisotopic (exact) mass is 1020 g/mol. The summed E-state index contributed by atoms with van der Waals surface area (Å²) < 4.78 is 16.1. The van der Waals surface area contributed by atoms with E-state index >= 15 is 0 Å². The van der Waals surface area contributed by atoms with E-state index in [-0.39, 0.29) is 0 Å². The van der Waals surface area contributed by atoms with Crippen molar-refractivity contribution >= 4 is 67.3 Å². The molecule has 0 saturated carbocycles. The van der Waals surface area contributed by atoms with Crippen molar-refractivity contribution in [1.29, 1.82) is 0 Å². The van der Waals surface area contributed by atoms with Crippen molar-refractivity contribution in [2.45, 2.75) is 55.4 Å². The molecule has 8 heterocycles. The topological polar surface area (TPSA) is 136 Å². The smallest absolute Gasteiger partial charge is 0.146 e. The lowest BCUT2D eigenvalue weighted by Crippen LogP contribution is -1.90. The molecule has 0 saturated heterocycles. The van der Waals surface area contributed by atoms with Crippen LogP contribution < -0.4 is 0 Å². The number of phenolic OH excluding ortho intramolecular Hbond substituents is 4. The predicted molar refractivity (Wildman–Crippen MR) is 290 cm³/mol. The number of rotatable bonds is 4. The molecular weight excluding hydrogens is 976 g/mol. The van der Waals surface area contributed by atoms with E-state index in [2.05, 4.69) is 24.3 Å². The number of hydrogen-bond donors (Lipinski definition) is 4. The lowest BCUT2D eigenvalue weighted by Gasteiger charge is -2.04. The van der Waals surface area contributed by atoms with E-state index in [4.69, 9.17) is 23.2 Å².